The third-order valence-corrected chi connectivity index (χ3v) is 5.55. The third-order valence-electron chi connectivity index (χ3n) is 5.55. The third kappa shape index (κ3) is 4.94. The minimum atomic E-state index is -4.46. The Balaban J connectivity index is 1.44. The number of ether oxygens (including phenoxy) is 2. The van der Waals surface area contributed by atoms with Gasteiger partial charge in [0, 0.05) is 25.7 Å². The highest BCUT2D eigenvalue weighted by molar-refractivity contribution is 5.44. The Morgan fingerprint density at radius 3 is 2.52 bits per heavy atom. The molecule has 1 aliphatic rings. The zero-order valence-corrected chi connectivity index (χ0v) is 17.9. The summed E-state index contributed by atoms with van der Waals surface area (Å²) >= 11 is 0. The first kappa shape index (κ1) is 22.6. The summed E-state index contributed by atoms with van der Waals surface area (Å²) in [6.45, 7) is 2.61. The van der Waals surface area contributed by atoms with E-state index in [0.717, 1.165) is 30.7 Å². The fourth-order valence-electron chi connectivity index (χ4n) is 3.50. The van der Waals surface area contributed by atoms with Gasteiger partial charge in [0.25, 0.3) is 0 Å². The van der Waals surface area contributed by atoms with Crippen molar-refractivity contribution in [2.24, 2.45) is 0 Å². The first-order chi connectivity index (χ1) is 15.6. The van der Waals surface area contributed by atoms with Crippen LogP contribution in [-0.4, -0.2) is 22.6 Å². The minimum absolute atomic E-state index is 0.0351. The van der Waals surface area contributed by atoms with Gasteiger partial charge >= 0.3 is 11.9 Å². The van der Waals surface area contributed by atoms with Crippen LogP contribution >= 0.6 is 0 Å². The van der Waals surface area contributed by atoms with Crippen molar-refractivity contribution in [1.29, 1.82) is 0 Å². The second-order valence-corrected chi connectivity index (χ2v) is 7.81. The molecule has 2 aromatic carbocycles. The average Bonchev–Trinajstić information content (AvgIpc) is 2.76. The van der Waals surface area contributed by atoms with Crippen LogP contribution < -0.4 is 20.1 Å². The topological polar surface area (TPSA) is 56.6 Å². The molecule has 0 aliphatic carbocycles. The van der Waals surface area contributed by atoms with Crippen LogP contribution in [0, 0.1) is 5.82 Å². The van der Waals surface area contributed by atoms with Crippen molar-refractivity contribution in [2.45, 2.75) is 38.7 Å². The van der Waals surface area contributed by atoms with E-state index < -0.39 is 23.2 Å². The molecule has 0 amide bonds. The summed E-state index contributed by atoms with van der Waals surface area (Å²) in [7, 11) is 1.89. The molecular formula is C23H21F4N3O3. The molecule has 0 saturated carbocycles. The van der Waals surface area contributed by atoms with E-state index in [1.165, 1.54) is 12.1 Å². The molecule has 1 atom stereocenters. The molecule has 1 aromatic heterocycles. The lowest BCUT2D eigenvalue weighted by Gasteiger charge is -2.34. The van der Waals surface area contributed by atoms with Gasteiger partial charge in [-0.3, -0.25) is 4.57 Å². The van der Waals surface area contributed by atoms with Gasteiger partial charge in [-0.2, -0.15) is 18.2 Å². The highest BCUT2D eigenvalue weighted by Crippen LogP contribution is 2.32. The predicted octanol–water partition coefficient (Wildman–Crippen LogP) is 5.00. The molecule has 0 saturated heterocycles. The van der Waals surface area contributed by atoms with Crippen LogP contribution in [0.1, 0.15) is 24.5 Å². The Kier molecular flexibility index (Phi) is 6.01. The summed E-state index contributed by atoms with van der Waals surface area (Å²) in [5.41, 5.74) is -0.764. The van der Waals surface area contributed by atoms with Crippen molar-refractivity contribution in [2.75, 3.05) is 11.9 Å². The molecule has 33 heavy (non-hydrogen) atoms. The van der Waals surface area contributed by atoms with E-state index in [4.69, 9.17) is 9.47 Å². The highest BCUT2D eigenvalue weighted by atomic mass is 19.4. The standard InChI is InChI=1S/C23H21F4N3O3/c1-14-9-10-30-21(29(14)2)12-20(28-22(30)31)32-13-15-3-8-19(18(24)11-15)33-17-6-4-16(5-7-17)23(25,26)27/h3-8,11-12,14H,9-10,13H2,1-2H3. The van der Waals surface area contributed by atoms with Crippen molar-refractivity contribution < 1.29 is 27.0 Å². The van der Waals surface area contributed by atoms with E-state index in [9.17, 15) is 22.4 Å². The SMILES string of the molecule is CC1CCn2c(cc(OCc3ccc(Oc4ccc(C(F)(F)F)cc4)c(F)c3)nc2=O)N1C. The van der Waals surface area contributed by atoms with E-state index in [1.807, 2.05) is 11.9 Å². The van der Waals surface area contributed by atoms with E-state index in [0.29, 0.717) is 17.9 Å². The quantitative estimate of drug-likeness (QED) is 0.499. The molecule has 2 heterocycles. The number of anilines is 1. The van der Waals surface area contributed by atoms with Crippen LogP contribution in [-0.2, 0) is 19.3 Å². The van der Waals surface area contributed by atoms with Crippen molar-refractivity contribution in [3.8, 4) is 17.4 Å². The van der Waals surface area contributed by atoms with Gasteiger partial charge < -0.3 is 14.4 Å². The number of fused-ring (bicyclic) bond motifs is 1. The highest BCUT2D eigenvalue weighted by Gasteiger charge is 2.30. The Hall–Kier alpha value is -3.56. The predicted molar refractivity (Wildman–Crippen MR) is 113 cm³/mol. The molecule has 3 aromatic rings. The van der Waals surface area contributed by atoms with Gasteiger partial charge in [-0.15, -0.1) is 0 Å². The van der Waals surface area contributed by atoms with E-state index in [-0.39, 0.29) is 30.0 Å². The van der Waals surface area contributed by atoms with Crippen LogP contribution in [0.15, 0.2) is 53.3 Å². The monoisotopic (exact) mass is 463 g/mol. The lowest BCUT2D eigenvalue weighted by atomic mass is 10.1. The summed E-state index contributed by atoms with van der Waals surface area (Å²) in [5, 5.41) is 0. The molecule has 1 aliphatic heterocycles. The Bertz CT molecular complexity index is 1210. The van der Waals surface area contributed by atoms with Crippen molar-refractivity contribution >= 4 is 5.82 Å². The second-order valence-electron chi connectivity index (χ2n) is 7.81. The number of rotatable bonds is 5. The minimum Gasteiger partial charge on any atom is -0.473 e. The maximum absolute atomic E-state index is 14.5. The first-order valence-corrected chi connectivity index (χ1v) is 10.2. The molecule has 0 fully saturated rings. The van der Waals surface area contributed by atoms with E-state index in [2.05, 4.69) is 11.9 Å². The maximum Gasteiger partial charge on any atom is 0.416 e. The molecule has 0 spiro atoms. The summed E-state index contributed by atoms with van der Waals surface area (Å²) in [4.78, 5) is 18.2. The smallest absolute Gasteiger partial charge is 0.416 e. The van der Waals surface area contributed by atoms with Gasteiger partial charge in [0.15, 0.2) is 11.6 Å². The summed E-state index contributed by atoms with van der Waals surface area (Å²) in [5.74, 6) is 0.0678. The fourth-order valence-corrected chi connectivity index (χ4v) is 3.50. The Morgan fingerprint density at radius 2 is 1.85 bits per heavy atom. The van der Waals surface area contributed by atoms with E-state index >= 15 is 0 Å². The number of alkyl halides is 3. The summed E-state index contributed by atoms with van der Waals surface area (Å²) in [6, 6.07) is 10.0. The van der Waals surface area contributed by atoms with Crippen molar-refractivity contribution in [3.63, 3.8) is 0 Å². The molecule has 0 N–H and O–H groups in total. The van der Waals surface area contributed by atoms with Gasteiger partial charge in [0.1, 0.15) is 18.2 Å². The average molecular weight is 463 g/mol. The van der Waals surface area contributed by atoms with Crippen molar-refractivity contribution in [3.05, 3.63) is 76.0 Å². The van der Waals surface area contributed by atoms with Gasteiger partial charge in [-0.1, -0.05) is 6.07 Å². The number of halogens is 4. The molecule has 6 nitrogen and oxygen atoms in total. The van der Waals surface area contributed by atoms with Crippen LogP contribution in [0.2, 0.25) is 0 Å². The summed E-state index contributed by atoms with van der Waals surface area (Å²) in [6.07, 6.45) is -3.62. The van der Waals surface area contributed by atoms with Gasteiger partial charge in [0.2, 0.25) is 5.88 Å². The van der Waals surface area contributed by atoms with Crippen LogP contribution in [0.4, 0.5) is 23.4 Å². The lowest BCUT2D eigenvalue weighted by molar-refractivity contribution is -0.137. The van der Waals surface area contributed by atoms with Crippen LogP contribution in [0.5, 0.6) is 17.4 Å². The first-order valence-electron chi connectivity index (χ1n) is 10.2. The number of nitrogens with zero attached hydrogens (tertiary/aromatic N) is 3. The number of benzene rings is 2. The molecule has 174 valence electrons. The maximum atomic E-state index is 14.5. The fraction of sp³-hybridized carbons (Fsp3) is 0.304. The number of aromatic nitrogens is 2. The zero-order chi connectivity index (χ0) is 23.8. The lowest BCUT2D eigenvalue weighted by Crippen LogP contribution is -2.41. The van der Waals surface area contributed by atoms with Crippen LogP contribution in [0.3, 0.4) is 0 Å². The zero-order valence-electron chi connectivity index (χ0n) is 17.9. The van der Waals surface area contributed by atoms with Crippen LogP contribution in [0.25, 0.3) is 0 Å². The van der Waals surface area contributed by atoms with Gasteiger partial charge in [-0.25, -0.2) is 9.18 Å². The van der Waals surface area contributed by atoms with Gasteiger partial charge in [-0.05, 0) is 55.3 Å². The Labute approximate surface area is 187 Å². The normalized spacial score (nSPS) is 15.8. The summed E-state index contributed by atoms with van der Waals surface area (Å²) < 4.78 is 65.0. The molecule has 0 bridgehead atoms. The van der Waals surface area contributed by atoms with Crippen molar-refractivity contribution in [1.82, 2.24) is 9.55 Å². The number of hydrogen-bond acceptors (Lipinski definition) is 5. The molecular weight excluding hydrogens is 442 g/mol. The largest absolute Gasteiger partial charge is 0.473 e. The molecule has 0 radical (unpaired) electrons. The second kappa shape index (κ2) is 8.76. The molecule has 1 unspecified atom stereocenters. The number of hydrogen-bond donors (Lipinski definition) is 0. The molecule has 10 heteroatoms. The van der Waals surface area contributed by atoms with E-state index in [1.54, 1.807) is 16.7 Å². The van der Waals surface area contributed by atoms with Gasteiger partial charge in [0.05, 0.1) is 5.56 Å². The Morgan fingerprint density at radius 1 is 1.12 bits per heavy atom. The molecule has 4 rings (SSSR count).